The molecule has 1 aromatic carbocycles. The summed E-state index contributed by atoms with van der Waals surface area (Å²) in [5, 5.41) is 9.05. The van der Waals surface area contributed by atoms with Crippen LogP contribution in [0.1, 0.15) is 16.8 Å². The SMILES string of the molecule is O=C(O)CC1CSCCN1C(=O)c1cccc(-n2cccc2)c1. The van der Waals surface area contributed by atoms with Gasteiger partial charge in [-0.05, 0) is 30.3 Å². The molecule has 1 fully saturated rings. The third-order valence-corrected chi connectivity index (χ3v) is 4.99. The van der Waals surface area contributed by atoms with E-state index >= 15 is 0 Å². The Hall–Kier alpha value is -2.21. The fraction of sp³-hybridized carbons (Fsp3) is 0.294. The fourth-order valence-electron chi connectivity index (χ4n) is 2.76. The third kappa shape index (κ3) is 3.59. The van der Waals surface area contributed by atoms with E-state index in [0.717, 1.165) is 11.4 Å². The second-order valence-electron chi connectivity index (χ2n) is 5.47. The van der Waals surface area contributed by atoms with Gasteiger partial charge in [-0.3, -0.25) is 9.59 Å². The molecule has 1 aliphatic rings. The lowest BCUT2D eigenvalue weighted by molar-refractivity contribution is -0.138. The minimum Gasteiger partial charge on any atom is -0.481 e. The lowest BCUT2D eigenvalue weighted by atomic mass is 10.1. The molecule has 1 aliphatic heterocycles. The summed E-state index contributed by atoms with van der Waals surface area (Å²) in [6.45, 7) is 0.592. The highest BCUT2D eigenvalue weighted by Gasteiger charge is 2.29. The lowest BCUT2D eigenvalue weighted by Crippen LogP contribution is -2.47. The highest BCUT2D eigenvalue weighted by molar-refractivity contribution is 7.99. The zero-order valence-electron chi connectivity index (χ0n) is 12.6. The second-order valence-corrected chi connectivity index (χ2v) is 6.62. The molecular formula is C17H18N2O3S. The zero-order valence-corrected chi connectivity index (χ0v) is 13.4. The molecule has 5 nitrogen and oxygen atoms in total. The van der Waals surface area contributed by atoms with Crippen molar-refractivity contribution < 1.29 is 14.7 Å². The van der Waals surface area contributed by atoms with Crippen LogP contribution in [0.4, 0.5) is 0 Å². The predicted octanol–water partition coefficient (Wildman–Crippen LogP) is 2.51. The molecule has 120 valence electrons. The van der Waals surface area contributed by atoms with Gasteiger partial charge in [-0.15, -0.1) is 0 Å². The van der Waals surface area contributed by atoms with Gasteiger partial charge < -0.3 is 14.6 Å². The number of aromatic nitrogens is 1. The van der Waals surface area contributed by atoms with Crippen molar-refractivity contribution in [3.8, 4) is 5.69 Å². The monoisotopic (exact) mass is 330 g/mol. The number of carboxylic acids is 1. The van der Waals surface area contributed by atoms with Gasteiger partial charge in [0.05, 0.1) is 12.5 Å². The Kier molecular flexibility index (Phi) is 4.71. The van der Waals surface area contributed by atoms with Gasteiger partial charge in [0.2, 0.25) is 0 Å². The van der Waals surface area contributed by atoms with E-state index in [9.17, 15) is 9.59 Å². The van der Waals surface area contributed by atoms with Crippen molar-refractivity contribution in [2.75, 3.05) is 18.1 Å². The van der Waals surface area contributed by atoms with E-state index in [4.69, 9.17) is 5.11 Å². The van der Waals surface area contributed by atoms with Crippen LogP contribution in [-0.2, 0) is 4.79 Å². The van der Waals surface area contributed by atoms with Crippen molar-refractivity contribution in [1.29, 1.82) is 0 Å². The number of thioether (sulfide) groups is 1. The molecule has 6 heteroatoms. The van der Waals surface area contributed by atoms with Crippen molar-refractivity contribution in [3.63, 3.8) is 0 Å². The molecule has 0 aliphatic carbocycles. The molecule has 3 rings (SSSR count). The van der Waals surface area contributed by atoms with E-state index in [-0.39, 0.29) is 18.4 Å². The van der Waals surface area contributed by atoms with Gasteiger partial charge in [0.15, 0.2) is 0 Å². The smallest absolute Gasteiger partial charge is 0.305 e. The number of carboxylic acid groups (broad SMARTS) is 1. The maximum absolute atomic E-state index is 12.8. The van der Waals surface area contributed by atoms with E-state index in [1.165, 1.54) is 0 Å². The molecule has 1 saturated heterocycles. The first-order valence-electron chi connectivity index (χ1n) is 7.49. The van der Waals surface area contributed by atoms with E-state index < -0.39 is 5.97 Å². The molecule has 1 aromatic heterocycles. The van der Waals surface area contributed by atoms with Crippen molar-refractivity contribution in [1.82, 2.24) is 9.47 Å². The van der Waals surface area contributed by atoms with Gasteiger partial charge in [-0.1, -0.05) is 6.07 Å². The van der Waals surface area contributed by atoms with Crippen LogP contribution in [0.5, 0.6) is 0 Å². The molecule has 0 spiro atoms. The summed E-state index contributed by atoms with van der Waals surface area (Å²) in [5.74, 6) is 0.566. The van der Waals surface area contributed by atoms with Gasteiger partial charge in [0, 0.05) is 41.7 Å². The Balaban J connectivity index is 1.84. The van der Waals surface area contributed by atoms with E-state index in [2.05, 4.69) is 0 Å². The Morgan fingerprint density at radius 1 is 1.22 bits per heavy atom. The number of hydrogen-bond acceptors (Lipinski definition) is 3. The number of aliphatic carboxylic acids is 1. The summed E-state index contributed by atoms with van der Waals surface area (Å²) in [6.07, 6.45) is 3.85. The van der Waals surface area contributed by atoms with Gasteiger partial charge in [0.1, 0.15) is 0 Å². The number of carbonyl (C=O) groups excluding carboxylic acids is 1. The molecule has 0 radical (unpaired) electrons. The zero-order chi connectivity index (χ0) is 16.2. The second kappa shape index (κ2) is 6.91. The molecule has 1 unspecified atom stereocenters. The van der Waals surface area contributed by atoms with Gasteiger partial charge in [-0.2, -0.15) is 11.8 Å². The largest absolute Gasteiger partial charge is 0.481 e. The first kappa shape index (κ1) is 15.7. The third-order valence-electron chi connectivity index (χ3n) is 3.89. The molecule has 2 aromatic rings. The molecule has 2 heterocycles. The predicted molar refractivity (Wildman–Crippen MR) is 90.2 cm³/mol. The quantitative estimate of drug-likeness (QED) is 0.936. The summed E-state index contributed by atoms with van der Waals surface area (Å²) in [7, 11) is 0. The summed E-state index contributed by atoms with van der Waals surface area (Å²) in [4.78, 5) is 25.6. The number of carbonyl (C=O) groups is 2. The minimum atomic E-state index is -0.864. The maximum Gasteiger partial charge on any atom is 0.305 e. The maximum atomic E-state index is 12.8. The number of nitrogens with zero attached hydrogens (tertiary/aromatic N) is 2. The highest BCUT2D eigenvalue weighted by atomic mass is 32.2. The molecule has 1 atom stereocenters. The van der Waals surface area contributed by atoms with Crippen molar-refractivity contribution in [2.24, 2.45) is 0 Å². The number of amides is 1. The summed E-state index contributed by atoms with van der Waals surface area (Å²) >= 11 is 1.70. The van der Waals surface area contributed by atoms with Crippen LogP contribution in [0, 0.1) is 0 Å². The summed E-state index contributed by atoms with van der Waals surface area (Å²) in [5.41, 5.74) is 1.51. The molecule has 1 N–H and O–H groups in total. The molecule has 23 heavy (non-hydrogen) atoms. The van der Waals surface area contributed by atoms with E-state index in [1.54, 1.807) is 22.7 Å². The number of hydrogen-bond donors (Lipinski definition) is 1. The van der Waals surface area contributed by atoms with Gasteiger partial charge in [-0.25, -0.2) is 0 Å². The van der Waals surface area contributed by atoms with Crippen molar-refractivity contribution in [2.45, 2.75) is 12.5 Å². The standard InChI is InChI=1S/C17H18N2O3S/c20-16(21)11-15-12-23-9-8-19(15)17(22)13-4-3-5-14(10-13)18-6-1-2-7-18/h1-7,10,15H,8-9,11-12H2,(H,20,21). The Bertz CT molecular complexity index is 700. The molecule has 0 saturated carbocycles. The molecule has 0 bridgehead atoms. The van der Waals surface area contributed by atoms with Crippen LogP contribution in [0.15, 0.2) is 48.8 Å². The normalized spacial score (nSPS) is 17.9. The average molecular weight is 330 g/mol. The lowest BCUT2D eigenvalue weighted by Gasteiger charge is -2.34. The molecule has 1 amide bonds. The summed E-state index contributed by atoms with van der Waals surface area (Å²) < 4.78 is 1.94. The first-order valence-corrected chi connectivity index (χ1v) is 8.64. The Morgan fingerprint density at radius 3 is 2.74 bits per heavy atom. The van der Waals surface area contributed by atoms with Crippen LogP contribution < -0.4 is 0 Å². The first-order chi connectivity index (χ1) is 11.1. The van der Waals surface area contributed by atoms with Crippen molar-refractivity contribution in [3.05, 3.63) is 54.4 Å². The fourth-order valence-corrected chi connectivity index (χ4v) is 3.83. The number of benzene rings is 1. The Morgan fingerprint density at radius 2 is 2.00 bits per heavy atom. The van der Waals surface area contributed by atoms with Crippen molar-refractivity contribution >= 4 is 23.6 Å². The summed E-state index contributed by atoms with van der Waals surface area (Å²) in [6, 6.07) is 11.1. The van der Waals surface area contributed by atoms with E-state index in [1.807, 2.05) is 47.3 Å². The molecular weight excluding hydrogens is 312 g/mol. The Labute approximate surface area is 138 Å². The average Bonchev–Trinajstić information content (AvgIpc) is 3.09. The van der Waals surface area contributed by atoms with Gasteiger partial charge in [0.25, 0.3) is 5.91 Å². The highest BCUT2D eigenvalue weighted by Crippen LogP contribution is 2.22. The topological polar surface area (TPSA) is 62.5 Å². The van der Waals surface area contributed by atoms with Crippen LogP contribution in [0.25, 0.3) is 5.69 Å². The van der Waals surface area contributed by atoms with Crippen LogP contribution in [0.2, 0.25) is 0 Å². The van der Waals surface area contributed by atoms with Crippen LogP contribution in [-0.4, -0.2) is 50.5 Å². The minimum absolute atomic E-state index is 0.00394. The van der Waals surface area contributed by atoms with Crippen LogP contribution in [0.3, 0.4) is 0 Å². The van der Waals surface area contributed by atoms with E-state index in [0.29, 0.717) is 17.9 Å². The number of rotatable bonds is 4. The van der Waals surface area contributed by atoms with Crippen LogP contribution >= 0.6 is 11.8 Å². The van der Waals surface area contributed by atoms with Gasteiger partial charge >= 0.3 is 5.97 Å².